The van der Waals surface area contributed by atoms with E-state index in [0.29, 0.717) is 50.9 Å². The summed E-state index contributed by atoms with van der Waals surface area (Å²) >= 11 is 0. The van der Waals surface area contributed by atoms with Gasteiger partial charge in [-0.2, -0.15) is 13.2 Å². The summed E-state index contributed by atoms with van der Waals surface area (Å²) in [6.07, 6.45) is -2.53. The molecule has 2 fully saturated rings. The van der Waals surface area contributed by atoms with E-state index in [-0.39, 0.29) is 11.5 Å². The Balaban J connectivity index is 1.48. The largest absolute Gasteiger partial charge is 0.416 e. The van der Waals surface area contributed by atoms with Gasteiger partial charge < -0.3 is 9.64 Å². The fourth-order valence-electron chi connectivity index (χ4n) is 4.14. The normalized spacial score (nSPS) is 21.0. The monoisotopic (exact) mass is 422 g/mol. The maximum atomic E-state index is 13.0. The third kappa shape index (κ3) is 5.02. The maximum absolute atomic E-state index is 13.0. The molecule has 2 saturated heterocycles. The van der Waals surface area contributed by atoms with Crippen LogP contribution in [0.1, 0.15) is 35.6 Å². The molecule has 162 valence electrons. The number of H-pyrrole nitrogens is 1. The van der Waals surface area contributed by atoms with Crippen LogP contribution in [0.2, 0.25) is 0 Å². The zero-order chi connectivity index (χ0) is 21.1. The lowest BCUT2D eigenvalue weighted by Crippen LogP contribution is -2.39. The number of anilines is 1. The second-order valence-corrected chi connectivity index (χ2v) is 7.87. The predicted molar refractivity (Wildman–Crippen MR) is 107 cm³/mol. The SMILES string of the molecule is O=c1cc([C@H]2CCCN(Cc3cccc(C(F)(F)F)c3)C2)nc(N2CCOCC2)[nH]1. The van der Waals surface area contributed by atoms with Crippen LogP contribution in [-0.2, 0) is 17.5 Å². The highest BCUT2D eigenvalue weighted by atomic mass is 19.4. The van der Waals surface area contributed by atoms with Gasteiger partial charge in [0.05, 0.1) is 24.5 Å². The lowest BCUT2D eigenvalue weighted by atomic mass is 9.94. The molecule has 1 aromatic carbocycles. The van der Waals surface area contributed by atoms with Crippen molar-refractivity contribution >= 4 is 5.95 Å². The Morgan fingerprint density at radius 2 is 1.97 bits per heavy atom. The summed E-state index contributed by atoms with van der Waals surface area (Å²) in [5.41, 5.74) is 0.573. The molecule has 0 aliphatic carbocycles. The van der Waals surface area contributed by atoms with Gasteiger partial charge >= 0.3 is 6.18 Å². The molecule has 0 bridgehead atoms. The highest BCUT2D eigenvalue weighted by Crippen LogP contribution is 2.31. The third-order valence-corrected chi connectivity index (χ3v) is 5.64. The van der Waals surface area contributed by atoms with E-state index in [9.17, 15) is 18.0 Å². The first-order chi connectivity index (χ1) is 14.4. The number of halogens is 3. The molecule has 1 N–H and O–H groups in total. The Morgan fingerprint density at radius 1 is 1.17 bits per heavy atom. The van der Waals surface area contributed by atoms with Crippen LogP contribution in [0.4, 0.5) is 19.1 Å². The lowest BCUT2D eigenvalue weighted by molar-refractivity contribution is -0.137. The van der Waals surface area contributed by atoms with Crippen LogP contribution in [0.3, 0.4) is 0 Å². The fourth-order valence-corrected chi connectivity index (χ4v) is 4.14. The summed E-state index contributed by atoms with van der Waals surface area (Å²) in [5, 5.41) is 0. The molecule has 0 radical (unpaired) electrons. The Kier molecular flexibility index (Phi) is 6.10. The second kappa shape index (κ2) is 8.77. The number of nitrogens with zero attached hydrogens (tertiary/aromatic N) is 3. The van der Waals surface area contributed by atoms with Gasteiger partial charge in [0.2, 0.25) is 5.95 Å². The van der Waals surface area contributed by atoms with Gasteiger partial charge in [-0.05, 0) is 31.0 Å². The molecule has 0 amide bonds. The molecule has 0 spiro atoms. The highest BCUT2D eigenvalue weighted by Gasteiger charge is 2.31. The van der Waals surface area contributed by atoms with Gasteiger partial charge in [0.1, 0.15) is 0 Å². The van der Waals surface area contributed by atoms with E-state index in [1.165, 1.54) is 12.1 Å². The molecule has 2 aliphatic heterocycles. The predicted octanol–water partition coefficient (Wildman–Crippen LogP) is 3.00. The van der Waals surface area contributed by atoms with Crippen molar-refractivity contribution in [3.63, 3.8) is 0 Å². The molecule has 30 heavy (non-hydrogen) atoms. The third-order valence-electron chi connectivity index (χ3n) is 5.64. The number of rotatable bonds is 4. The maximum Gasteiger partial charge on any atom is 0.416 e. The summed E-state index contributed by atoms with van der Waals surface area (Å²) in [7, 11) is 0. The van der Waals surface area contributed by atoms with Crippen molar-refractivity contribution in [3.8, 4) is 0 Å². The minimum atomic E-state index is -4.34. The summed E-state index contributed by atoms with van der Waals surface area (Å²) in [5.74, 6) is 0.641. The van der Waals surface area contributed by atoms with E-state index in [1.807, 2.05) is 4.90 Å². The molecule has 3 heterocycles. The number of ether oxygens (including phenoxy) is 1. The van der Waals surface area contributed by atoms with Crippen molar-refractivity contribution in [3.05, 3.63) is 57.5 Å². The van der Waals surface area contributed by atoms with Crippen LogP contribution in [0.15, 0.2) is 35.1 Å². The minimum absolute atomic E-state index is 0.0756. The van der Waals surface area contributed by atoms with Gasteiger partial charge in [-0.25, -0.2) is 4.98 Å². The van der Waals surface area contributed by atoms with Crippen LogP contribution in [0.5, 0.6) is 0 Å². The molecule has 4 rings (SSSR count). The number of nitrogens with one attached hydrogen (secondary N) is 1. The molecule has 6 nitrogen and oxygen atoms in total. The Hall–Kier alpha value is -2.39. The average molecular weight is 422 g/mol. The van der Waals surface area contributed by atoms with Crippen molar-refractivity contribution in [2.45, 2.75) is 31.5 Å². The number of likely N-dealkylation sites (tertiary alicyclic amines) is 1. The molecule has 0 saturated carbocycles. The van der Waals surface area contributed by atoms with Crippen LogP contribution in [0, 0.1) is 0 Å². The van der Waals surface area contributed by atoms with E-state index in [1.54, 1.807) is 12.1 Å². The number of alkyl halides is 3. The minimum Gasteiger partial charge on any atom is -0.378 e. The Labute approximate surface area is 172 Å². The van der Waals surface area contributed by atoms with Crippen LogP contribution in [0.25, 0.3) is 0 Å². The van der Waals surface area contributed by atoms with E-state index >= 15 is 0 Å². The summed E-state index contributed by atoms with van der Waals surface area (Å²) in [6, 6.07) is 7.02. The van der Waals surface area contributed by atoms with Gasteiger partial charge in [-0.1, -0.05) is 18.2 Å². The van der Waals surface area contributed by atoms with Gasteiger partial charge in [0, 0.05) is 38.2 Å². The molecule has 2 aliphatic rings. The quantitative estimate of drug-likeness (QED) is 0.821. The molecular formula is C21H25F3N4O2. The number of aromatic amines is 1. The highest BCUT2D eigenvalue weighted by molar-refractivity contribution is 5.32. The summed E-state index contributed by atoms with van der Waals surface area (Å²) in [6.45, 7) is 4.48. The fraction of sp³-hybridized carbons (Fsp3) is 0.524. The van der Waals surface area contributed by atoms with Crippen LogP contribution >= 0.6 is 0 Å². The number of hydrogen-bond donors (Lipinski definition) is 1. The van der Waals surface area contributed by atoms with E-state index in [0.717, 1.165) is 31.1 Å². The van der Waals surface area contributed by atoms with Crippen LogP contribution < -0.4 is 10.5 Å². The molecule has 0 unspecified atom stereocenters. The van der Waals surface area contributed by atoms with Gasteiger partial charge in [-0.15, -0.1) is 0 Å². The molecule has 1 atom stereocenters. The van der Waals surface area contributed by atoms with Crippen molar-refractivity contribution in [1.82, 2.24) is 14.9 Å². The zero-order valence-corrected chi connectivity index (χ0v) is 16.6. The van der Waals surface area contributed by atoms with E-state index in [4.69, 9.17) is 9.72 Å². The first kappa shape index (κ1) is 20.9. The lowest BCUT2D eigenvalue weighted by Gasteiger charge is -2.33. The van der Waals surface area contributed by atoms with Gasteiger partial charge in [0.15, 0.2) is 0 Å². The van der Waals surface area contributed by atoms with Crippen molar-refractivity contribution in [2.75, 3.05) is 44.3 Å². The number of morpholine rings is 1. The van der Waals surface area contributed by atoms with E-state index in [2.05, 4.69) is 9.88 Å². The molecule has 1 aromatic heterocycles. The topological polar surface area (TPSA) is 61.5 Å². The smallest absolute Gasteiger partial charge is 0.378 e. The van der Waals surface area contributed by atoms with Gasteiger partial charge in [0.25, 0.3) is 5.56 Å². The van der Waals surface area contributed by atoms with Crippen molar-refractivity contribution in [1.29, 1.82) is 0 Å². The first-order valence-electron chi connectivity index (χ1n) is 10.2. The Bertz CT molecular complexity index is 925. The van der Waals surface area contributed by atoms with Gasteiger partial charge in [-0.3, -0.25) is 14.7 Å². The zero-order valence-electron chi connectivity index (χ0n) is 16.6. The van der Waals surface area contributed by atoms with Crippen molar-refractivity contribution < 1.29 is 17.9 Å². The number of hydrogen-bond acceptors (Lipinski definition) is 5. The van der Waals surface area contributed by atoms with Crippen LogP contribution in [-0.4, -0.2) is 54.3 Å². The summed E-state index contributed by atoms with van der Waals surface area (Å²) < 4.78 is 44.3. The molecular weight excluding hydrogens is 397 g/mol. The number of aromatic nitrogens is 2. The standard InChI is InChI=1S/C21H25F3N4O2/c22-21(23,24)17-5-1-3-15(11-17)13-27-6-2-4-16(14-27)18-12-19(29)26-20(25-18)28-7-9-30-10-8-28/h1,3,5,11-12,16H,2,4,6-10,13-14H2,(H,25,26,29)/t16-/m0/s1. The summed E-state index contributed by atoms with van der Waals surface area (Å²) in [4.78, 5) is 23.9. The van der Waals surface area contributed by atoms with E-state index < -0.39 is 11.7 Å². The molecule has 2 aromatic rings. The second-order valence-electron chi connectivity index (χ2n) is 7.87. The first-order valence-corrected chi connectivity index (χ1v) is 10.2. The van der Waals surface area contributed by atoms with Crippen molar-refractivity contribution in [2.24, 2.45) is 0 Å². The number of piperidine rings is 1. The number of benzene rings is 1. The molecule has 9 heteroatoms. The average Bonchev–Trinajstić information content (AvgIpc) is 2.74. The Morgan fingerprint density at radius 3 is 2.73 bits per heavy atom.